The zero-order valence-corrected chi connectivity index (χ0v) is 20.6. The Morgan fingerprint density at radius 3 is 2.33 bits per heavy atom. The zero-order valence-electron chi connectivity index (χ0n) is 20.6. The minimum Gasteiger partial charge on any atom is -0.438 e. The number of hydrogen-bond donors (Lipinski definition) is 0. The van der Waals surface area contributed by atoms with Crippen molar-refractivity contribution in [3.63, 3.8) is 0 Å². The maximum Gasteiger partial charge on any atom is 0.254 e. The van der Waals surface area contributed by atoms with Gasteiger partial charge in [0, 0.05) is 18.2 Å². The standard InChI is InChI=1S/C29H29F2N3O2/c1-4-17-33(28(35)21-13-15-22(30)16-14-21)19-26-27(20(2)3)32-34(24-10-6-5-7-11-24)29(26)36-25-12-8-9-23(31)18-25/h5-16,18,20H,4,17,19H2,1-3H3. The molecule has 1 aromatic heterocycles. The normalized spacial score (nSPS) is 11.1. The summed E-state index contributed by atoms with van der Waals surface area (Å²) in [5.74, 6) is -0.243. The number of aromatic nitrogens is 2. The predicted molar refractivity (Wildman–Crippen MR) is 136 cm³/mol. The Kier molecular flexibility index (Phi) is 7.78. The quantitative estimate of drug-likeness (QED) is 0.252. The Bertz CT molecular complexity index is 1320. The van der Waals surface area contributed by atoms with Gasteiger partial charge < -0.3 is 9.64 Å². The van der Waals surface area contributed by atoms with Gasteiger partial charge in [0.05, 0.1) is 23.5 Å². The summed E-state index contributed by atoms with van der Waals surface area (Å²) in [4.78, 5) is 15.1. The fourth-order valence-electron chi connectivity index (χ4n) is 4.04. The van der Waals surface area contributed by atoms with Crippen LogP contribution in [0.15, 0.2) is 78.9 Å². The van der Waals surface area contributed by atoms with Crippen LogP contribution < -0.4 is 4.74 Å². The summed E-state index contributed by atoms with van der Waals surface area (Å²) in [6, 6.07) is 21.0. The molecule has 0 unspecified atom stereocenters. The van der Waals surface area contributed by atoms with Gasteiger partial charge in [-0.2, -0.15) is 5.10 Å². The average molecular weight is 490 g/mol. The molecule has 0 saturated heterocycles. The van der Waals surface area contributed by atoms with E-state index in [1.807, 2.05) is 51.1 Å². The molecule has 5 nitrogen and oxygen atoms in total. The van der Waals surface area contributed by atoms with Gasteiger partial charge >= 0.3 is 0 Å². The molecule has 4 rings (SSSR count). The summed E-state index contributed by atoms with van der Waals surface area (Å²) in [6.45, 7) is 6.77. The van der Waals surface area contributed by atoms with Gasteiger partial charge in [-0.3, -0.25) is 4.79 Å². The van der Waals surface area contributed by atoms with Gasteiger partial charge in [-0.05, 0) is 60.9 Å². The van der Waals surface area contributed by atoms with Crippen molar-refractivity contribution in [1.29, 1.82) is 0 Å². The van der Waals surface area contributed by atoms with Crippen LogP contribution in [0.2, 0.25) is 0 Å². The van der Waals surface area contributed by atoms with Crippen molar-refractivity contribution in [2.75, 3.05) is 6.54 Å². The minimum absolute atomic E-state index is 0.0317. The number of benzene rings is 3. The Balaban J connectivity index is 1.82. The van der Waals surface area contributed by atoms with Crippen molar-refractivity contribution in [1.82, 2.24) is 14.7 Å². The fourth-order valence-corrected chi connectivity index (χ4v) is 4.04. The lowest BCUT2D eigenvalue weighted by atomic mass is 10.0. The van der Waals surface area contributed by atoms with Gasteiger partial charge in [-0.15, -0.1) is 0 Å². The molecule has 0 fully saturated rings. The smallest absolute Gasteiger partial charge is 0.254 e. The number of nitrogens with zero attached hydrogens (tertiary/aromatic N) is 3. The summed E-state index contributed by atoms with van der Waals surface area (Å²) in [6.07, 6.45) is 0.733. The number of rotatable bonds is 9. The molecule has 36 heavy (non-hydrogen) atoms. The van der Waals surface area contributed by atoms with E-state index in [4.69, 9.17) is 9.84 Å². The zero-order chi connectivity index (χ0) is 25.7. The molecular formula is C29H29F2N3O2. The predicted octanol–water partition coefficient (Wildman–Crippen LogP) is 7.12. The largest absolute Gasteiger partial charge is 0.438 e. The molecule has 0 atom stereocenters. The topological polar surface area (TPSA) is 47.4 Å². The van der Waals surface area contributed by atoms with E-state index in [1.54, 1.807) is 21.7 Å². The molecule has 0 N–H and O–H groups in total. The number of carbonyl (C=O) groups excluding carboxylic acids is 1. The van der Waals surface area contributed by atoms with Crippen LogP contribution >= 0.6 is 0 Å². The van der Waals surface area contributed by atoms with Gasteiger partial charge in [0.2, 0.25) is 5.88 Å². The highest BCUT2D eigenvalue weighted by Crippen LogP contribution is 2.35. The van der Waals surface area contributed by atoms with E-state index in [-0.39, 0.29) is 18.4 Å². The van der Waals surface area contributed by atoms with Crippen molar-refractivity contribution in [3.05, 3.63) is 107 Å². The molecule has 0 aliphatic heterocycles. The van der Waals surface area contributed by atoms with Crippen molar-refractivity contribution in [2.24, 2.45) is 0 Å². The molecule has 0 aliphatic carbocycles. The summed E-state index contributed by atoms with van der Waals surface area (Å²) in [7, 11) is 0. The molecule has 4 aromatic rings. The van der Waals surface area contributed by atoms with E-state index < -0.39 is 11.6 Å². The number of ether oxygens (including phenoxy) is 1. The number of para-hydroxylation sites is 1. The Morgan fingerprint density at radius 1 is 0.972 bits per heavy atom. The van der Waals surface area contributed by atoms with Gasteiger partial charge in [-0.25, -0.2) is 13.5 Å². The van der Waals surface area contributed by atoms with Crippen LogP contribution in [-0.2, 0) is 6.54 Å². The van der Waals surface area contributed by atoms with Crippen LogP contribution in [0.3, 0.4) is 0 Å². The molecule has 1 heterocycles. The number of halogens is 2. The third kappa shape index (κ3) is 5.62. The second kappa shape index (κ2) is 11.2. The SMILES string of the molecule is CCCN(Cc1c(C(C)C)nn(-c2ccccc2)c1Oc1cccc(F)c1)C(=O)c1ccc(F)cc1. The van der Waals surface area contributed by atoms with E-state index >= 15 is 0 Å². The average Bonchev–Trinajstić information content (AvgIpc) is 3.22. The molecule has 7 heteroatoms. The summed E-state index contributed by atoms with van der Waals surface area (Å²) < 4.78 is 35.4. The first kappa shape index (κ1) is 25.1. The number of carbonyl (C=O) groups is 1. The van der Waals surface area contributed by atoms with E-state index in [0.717, 1.165) is 23.4 Å². The lowest BCUT2D eigenvalue weighted by Crippen LogP contribution is -2.31. The number of amides is 1. The second-order valence-electron chi connectivity index (χ2n) is 8.86. The summed E-state index contributed by atoms with van der Waals surface area (Å²) in [5.41, 5.74) is 2.70. The molecule has 1 amide bonds. The molecule has 3 aromatic carbocycles. The Hall–Kier alpha value is -4.00. The van der Waals surface area contributed by atoms with E-state index in [1.165, 1.54) is 36.4 Å². The molecule has 0 aliphatic rings. The Morgan fingerprint density at radius 2 is 1.69 bits per heavy atom. The molecule has 0 bridgehead atoms. The van der Waals surface area contributed by atoms with Crippen LogP contribution in [-0.4, -0.2) is 27.1 Å². The molecule has 186 valence electrons. The van der Waals surface area contributed by atoms with Crippen LogP contribution in [0, 0.1) is 11.6 Å². The highest BCUT2D eigenvalue weighted by atomic mass is 19.1. The van der Waals surface area contributed by atoms with Gasteiger partial charge in [0.15, 0.2) is 0 Å². The minimum atomic E-state index is -0.414. The van der Waals surface area contributed by atoms with Crippen molar-refractivity contribution in [3.8, 4) is 17.3 Å². The summed E-state index contributed by atoms with van der Waals surface area (Å²) in [5, 5.41) is 4.87. The Labute approximate surface area is 209 Å². The van der Waals surface area contributed by atoms with Crippen molar-refractivity contribution in [2.45, 2.75) is 39.7 Å². The molecule has 0 spiro atoms. The van der Waals surface area contributed by atoms with Gasteiger partial charge in [0.1, 0.15) is 17.4 Å². The first-order chi connectivity index (χ1) is 17.4. The van der Waals surface area contributed by atoms with E-state index in [9.17, 15) is 13.6 Å². The third-order valence-electron chi connectivity index (χ3n) is 5.75. The monoisotopic (exact) mass is 489 g/mol. The highest BCUT2D eigenvalue weighted by molar-refractivity contribution is 5.94. The second-order valence-corrected chi connectivity index (χ2v) is 8.86. The molecule has 0 radical (unpaired) electrons. The molecule has 0 saturated carbocycles. The molecular weight excluding hydrogens is 460 g/mol. The first-order valence-electron chi connectivity index (χ1n) is 12.0. The lowest BCUT2D eigenvalue weighted by molar-refractivity contribution is 0.0741. The third-order valence-corrected chi connectivity index (χ3v) is 5.75. The first-order valence-corrected chi connectivity index (χ1v) is 12.0. The fraction of sp³-hybridized carbons (Fsp3) is 0.241. The van der Waals surface area contributed by atoms with Gasteiger partial charge in [-0.1, -0.05) is 45.0 Å². The maximum atomic E-state index is 14.0. The lowest BCUT2D eigenvalue weighted by Gasteiger charge is -2.23. The van der Waals surface area contributed by atoms with Crippen LogP contribution in [0.4, 0.5) is 8.78 Å². The van der Waals surface area contributed by atoms with E-state index in [0.29, 0.717) is 23.7 Å². The van der Waals surface area contributed by atoms with Crippen molar-refractivity contribution < 1.29 is 18.3 Å². The highest BCUT2D eigenvalue weighted by Gasteiger charge is 2.27. The van der Waals surface area contributed by atoms with Crippen LogP contribution in [0.25, 0.3) is 5.69 Å². The van der Waals surface area contributed by atoms with Crippen LogP contribution in [0.1, 0.15) is 54.7 Å². The maximum absolute atomic E-state index is 14.0. The summed E-state index contributed by atoms with van der Waals surface area (Å²) >= 11 is 0. The van der Waals surface area contributed by atoms with Crippen molar-refractivity contribution >= 4 is 5.91 Å². The van der Waals surface area contributed by atoms with E-state index in [2.05, 4.69) is 0 Å². The number of hydrogen-bond acceptors (Lipinski definition) is 3. The van der Waals surface area contributed by atoms with Gasteiger partial charge in [0.25, 0.3) is 5.91 Å². The van der Waals surface area contributed by atoms with Crippen LogP contribution in [0.5, 0.6) is 11.6 Å².